The van der Waals surface area contributed by atoms with Crippen LogP contribution in [0, 0.1) is 0 Å². The first-order chi connectivity index (χ1) is 27.3. The van der Waals surface area contributed by atoms with Crippen molar-refractivity contribution in [1.82, 2.24) is 9.97 Å². The molecule has 0 saturated heterocycles. The number of rotatable bonds is 4. The molecule has 2 aliphatic carbocycles. The van der Waals surface area contributed by atoms with E-state index >= 15 is 0 Å². The van der Waals surface area contributed by atoms with Gasteiger partial charge in [0.1, 0.15) is 0 Å². The minimum Gasteiger partial charge on any atom is -0.228 e. The molecule has 1 heterocycles. The van der Waals surface area contributed by atoms with Crippen LogP contribution in [0.25, 0.3) is 78.4 Å². The Bertz CT molecular complexity index is 2800. The summed E-state index contributed by atoms with van der Waals surface area (Å²) in [6, 6.07) is 74.7. The summed E-state index contributed by atoms with van der Waals surface area (Å²) < 4.78 is 0. The molecule has 2 nitrogen and oxygen atoms in total. The highest BCUT2D eigenvalue weighted by molar-refractivity contribution is 5.97. The average molecular weight is 699 g/mol. The van der Waals surface area contributed by atoms with E-state index in [0.29, 0.717) is 5.82 Å². The standard InChI is InChI=1S/C53H34N2/c1-3-16-35(17-4-1)50-34-51(55-52(54-50)36-18-5-2-6-19-36)39-21-15-20-37(32-39)38-30-31-45-44-26-11-14-29-48(44)53(49(45)33-38)46-27-12-9-24-42(46)40-22-7-8-23-41(40)43-25-10-13-28-47(43)53/h1-34H. The van der Waals surface area contributed by atoms with Crippen molar-refractivity contribution in [1.29, 1.82) is 0 Å². The fourth-order valence-corrected chi connectivity index (χ4v) is 9.15. The first kappa shape index (κ1) is 31.4. The molecule has 55 heavy (non-hydrogen) atoms. The molecule has 0 saturated carbocycles. The summed E-state index contributed by atoms with van der Waals surface area (Å²) in [5, 5.41) is 0. The van der Waals surface area contributed by atoms with Gasteiger partial charge in [-0.25, -0.2) is 9.97 Å². The highest BCUT2D eigenvalue weighted by Crippen LogP contribution is 2.61. The summed E-state index contributed by atoms with van der Waals surface area (Å²) in [5.74, 6) is 0.714. The van der Waals surface area contributed by atoms with Crippen LogP contribution in [-0.4, -0.2) is 9.97 Å². The first-order valence-corrected chi connectivity index (χ1v) is 18.9. The van der Waals surface area contributed by atoms with Gasteiger partial charge in [-0.15, -0.1) is 0 Å². The summed E-state index contributed by atoms with van der Waals surface area (Å²) in [4.78, 5) is 10.2. The second kappa shape index (κ2) is 12.5. The minimum absolute atomic E-state index is 0.520. The second-order valence-corrected chi connectivity index (χ2v) is 14.5. The zero-order valence-corrected chi connectivity index (χ0v) is 30.0. The number of hydrogen-bond donors (Lipinski definition) is 0. The molecular formula is C53H34N2. The van der Waals surface area contributed by atoms with E-state index < -0.39 is 5.41 Å². The van der Waals surface area contributed by atoms with Crippen LogP contribution < -0.4 is 0 Å². The van der Waals surface area contributed by atoms with Crippen LogP contribution >= 0.6 is 0 Å². The minimum atomic E-state index is -0.520. The molecule has 0 aliphatic heterocycles. The van der Waals surface area contributed by atoms with Crippen LogP contribution in [0.2, 0.25) is 0 Å². The molecule has 256 valence electrons. The average Bonchev–Trinajstić information content (AvgIpc) is 3.51. The van der Waals surface area contributed by atoms with E-state index in [1.54, 1.807) is 0 Å². The highest BCUT2D eigenvalue weighted by Gasteiger charge is 2.49. The second-order valence-electron chi connectivity index (χ2n) is 14.5. The van der Waals surface area contributed by atoms with Gasteiger partial charge in [-0.3, -0.25) is 0 Å². The Kier molecular flexibility index (Phi) is 7.11. The molecule has 8 aromatic carbocycles. The van der Waals surface area contributed by atoms with E-state index in [4.69, 9.17) is 9.97 Å². The van der Waals surface area contributed by atoms with Crippen LogP contribution in [0.4, 0.5) is 0 Å². The van der Waals surface area contributed by atoms with Gasteiger partial charge in [-0.1, -0.05) is 188 Å². The maximum absolute atomic E-state index is 5.16. The molecule has 0 N–H and O–H groups in total. The number of fused-ring (bicyclic) bond motifs is 12. The lowest BCUT2D eigenvalue weighted by molar-refractivity contribution is 0.775. The van der Waals surface area contributed by atoms with E-state index in [1.807, 2.05) is 24.3 Å². The Morgan fingerprint density at radius 2 is 0.673 bits per heavy atom. The van der Waals surface area contributed by atoms with Crippen molar-refractivity contribution in [2.45, 2.75) is 5.41 Å². The van der Waals surface area contributed by atoms with Crippen molar-refractivity contribution >= 4 is 0 Å². The largest absolute Gasteiger partial charge is 0.228 e. The quantitative estimate of drug-likeness (QED) is 0.183. The van der Waals surface area contributed by atoms with Crippen LogP contribution in [0.1, 0.15) is 22.3 Å². The van der Waals surface area contributed by atoms with Gasteiger partial charge in [-0.05, 0) is 85.0 Å². The Balaban J connectivity index is 1.13. The number of aromatic nitrogens is 2. The maximum atomic E-state index is 5.16. The van der Waals surface area contributed by atoms with Crippen molar-refractivity contribution < 1.29 is 0 Å². The third kappa shape index (κ3) is 4.82. The van der Waals surface area contributed by atoms with E-state index in [1.165, 1.54) is 61.2 Å². The van der Waals surface area contributed by atoms with E-state index in [0.717, 1.165) is 33.6 Å². The molecule has 0 radical (unpaired) electrons. The maximum Gasteiger partial charge on any atom is 0.160 e. The van der Waals surface area contributed by atoms with Crippen molar-refractivity contribution in [2.75, 3.05) is 0 Å². The van der Waals surface area contributed by atoms with Crippen LogP contribution in [-0.2, 0) is 5.41 Å². The molecule has 0 amide bonds. The number of benzene rings is 8. The topological polar surface area (TPSA) is 25.8 Å². The lowest BCUT2D eigenvalue weighted by Crippen LogP contribution is -2.29. The van der Waals surface area contributed by atoms with E-state index in [-0.39, 0.29) is 0 Å². The first-order valence-electron chi connectivity index (χ1n) is 18.9. The van der Waals surface area contributed by atoms with Crippen molar-refractivity contribution in [3.8, 4) is 78.4 Å². The molecule has 9 aromatic rings. The lowest BCUT2D eigenvalue weighted by Gasteiger charge is -2.35. The van der Waals surface area contributed by atoms with Gasteiger partial charge in [0, 0.05) is 16.7 Å². The summed E-state index contributed by atoms with van der Waals surface area (Å²) in [6.45, 7) is 0. The number of nitrogens with zero attached hydrogens (tertiary/aromatic N) is 2. The summed E-state index contributed by atoms with van der Waals surface area (Å²) >= 11 is 0. The van der Waals surface area contributed by atoms with Gasteiger partial charge < -0.3 is 0 Å². The molecule has 0 fully saturated rings. The van der Waals surface area contributed by atoms with Crippen molar-refractivity contribution in [2.24, 2.45) is 0 Å². The molecule has 0 unspecified atom stereocenters. The van der Waals surface area contributed by atoms with Crippen LogP contribution in [0.5, 0.6) is 0 Å². The molecule has 1 spiro atoms. The van der Waals surface area contributed by atoms with Gasteiger partial charge >= 0.3 is 0 Å². The van der Waals surface area contributed by atoms with E-state index in [2.05, 4.69) is 182 Å². The van der Waals surface area contributed by atoms with Crippen molar-refractivity contribution in [3.05, 3.63) is 229 Å². The van der Waals surface area contributed by atoms with Gasteiger partial charge in [0.25, 0.3) is 0 Å². The lowest BCUT2D eigenvalue weighted by atomic mass is 9.65. The summed E-state index contributed by atoms with van der Waals surface area (Å²) in [5.41, 5.74) is 19.6. The molecule has 11 rings (SSSR count). The Labute approximate surface area is 321 Å². The Hall–Kier alpha value is -7.16. The predicted octanol–water partition coefficient (Wildman–Crippen LogP) is 13.2. The van der Waals surface area contributed by atoms with Gasteiger partial charge in [-0.2, -0.15) is 0 Å². The monoisotopic (exact) mass is 698 g/mol. The number of hydrogen-bond acceptors (Lipinski definition) is 2. The van der Waals surface area contributed by atoms with Gasteiger partial charge in [0.05, 0.1) is 16.8 Å². The summed E-state index contributed by atoms with van der Waals surface area (Å²) in [7, 11) is 0. The molecule has 0 atom stereocenters. The third-order valence-corrected chi connectivity index (χ3v) is 11.5. The highest BCUT2D eigenvalue weighted by atomic mass is 14.9. The molecule has 2 aliphatic rings. The molecule has 1 aromatic heterocycles. The zero-order valence-electron chi connectivity index (χ0n) is 30.0. The Morgan fingerprint density at radius 3 is 1.27 bits per heavy atom. The summed E-state index contributed by atoms with van der Waals surface area (Å²) in [6.07, 6.45) is 0. The van der Waals surface area contributed by atoms with Gasteiger partial charge in [0.15, 0.2) is 5.82 Å². The third-order valence-electron chi connectivity index (χ3n) is 11.5. The molecular weight excluding hydrogens is 665 g/mol. The molecule has 2 heteroatoms. The van der Waals surface area contributed by atoms with E-state index in [9.17, 15) is 0 Å². The van der Waals surface area contributed by atoms with Crippen LogP contribution in [0.15, 0.2) is 206 Å². The fourth-order valence-electron chi connectivity index (χ4n) is 9.15. The van der Waals surface area contributed by atoms with Crippen molar-refractivity contribution in [3.63, 3.8) is 0 Å². The predicted molar refractivity (Wildman–Crippen MR) is 226 cm³/mol. The fraction of sp³-hybridized carbons (Fsp3) is 0.0189. The van der Waals surface area contributed by atoms with Gasteiger partial charge in [0.2, 0.25) is 0 Å². The Morgan fingerprint density at radius 1 is 0.255 bits per heavy atom. The molecule has 0 bridgehead atoms. The smallest absolute Gasteiger partial charge is 0.160 e. The normalized spacial score (nSPS) is 12.9. The SMILES string of the molecule is c1ccc(-c2cc(-c3cccc(-c4ccc5c(c4)C4(c6ccccc6-c6ccccc6-c6ccccc64)c4ccccc4-5)c3)nc(-c3ccccc3)n2)cc1. The zero-order chi connectivity index (χ0) is 36.3. The van der Waals surface area contributed by atoms with Crippen LogP contribution in [0.3, 0.4) is 0 Å².